The van der Waals surface area contributed by atoms with Gasteiger partial charge in [0.2, 0.25) is 5.69 Å². The van der Waals surface area contributed by atoms with Crippen molar-refractivity contribution < 1.29 is 13.4 Å². The molecule has 2 aromatic heterocycles. The summed E-state index contributed by atoms with van der Waals surface area (Å²) in [7, 11) is 1.89. The van der Waals surface area contributed by atoms with Gasteiger partial charge in [-0.2, -0.15) is 5.26 Å². The Balaban J connectivity index is 2.12. The van der Waals surface area contributed by atoms with Gasteiger partial charge in [-0.25, -0.2) is 8.96 Å². The number of nitriles is 1. The van der Waals surface area contributed by atoms with Gasteiger partial charge in [0.05, 0.1) is 22.6 Å². The molecule has 0 saturated heterocycles. The predicted molar refractivity (Wildman–Crippen MR) is 89.7 cm³/mol. The lowest BCUT2D eigenvalue weighted by Crippen LogP contribution is -2.30. The molecule has 0 N–H and O–H groups in total. The number of fused-ring (bicyclic) bond motifs is 3. The molecule has 4 rings (SSSR count). The van der Waals surface area contributed by atoms with E-state index in [0.29, 0.717) is 33.1 Å². The Labute approximate surface area is 138 Å². The van der Waals surface area contributed by atoms with Crippen molar-refractivity contribution in [3.63, 3.8) is 0 Å². The first-order valence-electron chi connectivity index (χ1n) is 7.60. The van der Waals surface area contributed by atoms with Crippen molar-refractivity contribution in [2.75, 3.05) is 0 Å². The molecule has 0 aliphatic heterocycles. The highest BCUT2D eigenvalue weighted by molar-refractivity contribution is 6.07. The van der Waals surface area contributed by atoms with Crippen LogP contribution in [0, 0.1) is 24.1 Å². The summed E-state index contributed by atoms with van der Waals surface area (Å²) in [5.74, 6) is -0.296. The van der Waals surface area contributed by atoms with Gasteiger partial charge in [-0.1, -0.05) is 0 Å². The Morgan fingerprint density at radius 2 is 1.96 bits per heavy atom. The number of benzene rings is 2. The highest BCUT2D eigenvalue weighted by Crippen LogP contribution is 2.37. The zero-order valence-corrected chi connectivity index (χ0v) is 13.3. The van der Waals surface area contributed by atoms with Crippen LogP contribution in [0.3, 0.4) is 0 Å². The molecule has 0 radical (unpaired) electrons. The highest BCUT2D eigenvalue weighted by Gasteiger charge is 2.22. The molecule has 0 unspecified atom stereocenters. The average molecular weight is 317 g/mol. The van der Waals surface area contributed by atoms with E-state index in [0.717, 1.165) is 11.3 Å². The third-order valence-corrected chi connectivity index (χ3v) is 4.34. The molecule has 0 aliphatic carbocycles. The van der Waals surface area contributed by atoms with Crippen molar-refractivity contribution in [2.45, 2.75) is 6.92 Å². The van der Waals surface area contributed by atoms with Gasteiger partial charge < -0.3 is 4.42 Å². The van der Waals surface area contributed by atoms with Crippen LogP contribution >= 0.6 is 0 Å². The third kappa shape index (κ3) is 1.99. The number of hydrogen-bond donors (Lipinski definition) is 0. The largest absolute Gasteiger partial charge is 0.456 e. The summed E-state index contributed by atoms with van der Waals surface area (Å²) in [4.78, 5) is 0. The number of nitrogens with zero attached hydrogens (tertiary/aromatic N) is 2. The number of rotatable bonds is 1. The summed E-state index contributed by atoms with van der Waals surface area (Å²) in [6.45, 7) is 1.87. The van der Waals surface area contributed by atoms with E-state index in [1.807, 2.05) is 49.0 Å². The Bertz CT molecular complexity index is 1150. The first-order chi connectivity index (χ1) is 11.6. The summed E-state index contributed by atoms with van der Waals surface area (Å²) >= 11 is 0. The molecule has 0 aliphatic rings. The molecule has 0 amide bonds. The van der Waals surface area contributed by atoms with Crippen molar-refractivity contribution in [1.82, 2.24) is 0 Å². The number of aromatic nitrogens is 1. The molecule has 0 fully saturated rings. The predicted octanol–water partition coefficient (Wildman–Crippen LogP) is 4.40. The van der Waals surface area contributed by atoms with E-state index in [2.05, 4.69) is 6.07 Å². The smallest absolute Gasteiger partial charge is 0.215 e. The van der Waals surface area contributed by atoms with Crippen LogP contribution in [-0.2, 0) is 7.05 Å². The van der Waals surface area contributed by atoms with Gasteiger partial charge in [0.15, 0.2) is 6.20 Å². The van der Waals surface area contributed by atoms with Crippen LogP contribution in [0.25, 0.3) is 33.2 Å². The Morgan fingerprint density at radius 3 is 2.71 bits per heavy atom. The Hall–Kier alpha value is -3.19. The van der Waals surface area contributed by atoms with Crippen LogP contribution in [-0.4, -0.2) is 0 Å². The summed E-state index contributed by atoms with van der Waals surface area (Å²) in [5, 5.41) is 10.2. The lowest BCUT2D eigenvalue weighted by Gasteiger charge is -2.06. The molecule has 0 atom stereocenters. The first kappa shape index (κ1) is 14.4. The maximum atomic E-state index is 15.4. The lowest BCUT2D eigenvalue weighted by atomic mass is 9.99. The van der Waals surface area contributed by atoms with E-state index in [1.165, 1.54) is 0 Å². The fourth-order valence-corrected chi connectivity index (χ4v) is 3.18. The zero-order chi connectivity index (χ0) is 16.8. The van der Waals surface area contributed by atoms with Gasteiger partial charge in [-0.15, -0.1) is 0 Å². The first-order valence-corrected chi connectivity index (χ1v) is 7.60. The van der Waals surface area contributed by atoms with E-state index < -0.39 is 0 Å². The van der Waals surface area contributed by atoms with Crippen molar-refractivity contribution >= 4 is 21.9 Å². The third-order valence-electron chi connectivity index (χ3n) is 4.34. The normalized spacial score (nSPS) is 11.1. The molecule has 4 heteroatoms. The van der Waals surface area contributed by atoms with Crippen LogP contribution in [0.1, 0.15) is 11.1 Å². The van der Waals surface area contributed by atoms with Crippen LogP contribution < -0.4 is 4.57 Å². The quantitative estimate of drug-likeness (QED) is 0.488. The summed E-state index contributed by atoms with van der Waals surface area (Å²) in [6, 6.07) is 14.7. The molecule has 2 heterocycles. The second-order valence-electron chi connectivity index (χ2n) is 5.88. The van der Waals surface area contributed by atoms with E-state index in [-0.39, 0.29) is 5.82 Å². The molecular weight excluding hydrogens is 303 g/mol. The van der Waals surface area contributed by atoms with Crippen LogP contribution in [0.15, 0.2) is 53.1 Å². The number of pyridine rings is 1. The van der Waals surface area contributed by atoms with Gasteiger partial charge in [0.1, 0.15) is 24.0 Å². The summed E-state index contributed by atoms with van der Waals surface area (Å²) in [6.07, 6.45) is 1.89. The molecule has 116 valence electrons. The van der Waals surface area contributed by atoms with E-state index >= 15 is 4.39 Å². The van der Waals surface area contributed by atoms with E-state index in [9.17, 15) is 0 Å². The molecule has 0 bridgehead atoms. The van der Waals surface area contributed by atoms with Gasteiger partial charge >= 0.3 is 0 Å². The van der Waals surface area contributed by atoms with Crippen LogP contribution in [0.5, 0.6) is 0 Å². The van der Waals surface area contributed by atoms with Crippen LogP contribution in [0.2, 0.25) is 0 Å². The van der Waals surface area contributed by atoms with Crippen molar-refractivity contribution in [3.8, 4) is 17.3 Å². The van der Waals surface area contributed by atoms with Crippen molar-refractivity contribution in [2.24, 2.45) is 7.05 Å². The summed E-state index contributed by atoms with van der Waals surface area (Å²) < 4.78 is 23.1. The zero-order valence-electron chi connectivity index (χ0n) is 13.3. The summed E-state index contributed by atoms with van der Waals surface area (Å²) in [5.41, 5.74) is 3.69. The Morgan fingerprint density at radius 1 is 1.12 bits per heavy atom. The van der Waals surface area contributed by atoms with Gasteiger partial charge in [-0.3, -0.25) is 0 Å². The van der Waals surface area contributed by atoms with Gasteiger partial charge in [0, 0.05) is 17.5 Å². The molecule has 0 spiro atoms. The maximum Gasteiger partial charge on any atom is 0.215 e. The topological polar surface area (TPSA) is 40.8 Å². The van der Waals surface area contributed by atoms with E-state index in [1.54, 1.807) is 18.2 Å². The maximum absolute atomic E-state index is 15.4. The van der Waals surface area contributed by atoms with Crippen molar-refractivity contribution in [1.29, 1.82) is 5.26 Å². The standard InChI is InChI=1S/C20H14FN2O/c1-12-9-17-19(14-7-6-13(11-22)10-16(14)24-17)20(21)18(12)15-5-3-4-8-23(15)2/h3-10H,1-2H3/q+1. The molecule has 4 aromatic rings. The van der Waals surface area contributed by atoms with Crippen LogP contribution in [0.4, 0.5) is 4.39 Å². The molecular formula is C20H14FN2O+. The van der Waals surface area contributed by atoms with E-state index in [4.69, 9.17) is 9.68 Å². The molecule has 24 heavy (non-hydrogen) atoms. The minimum Gasteiger partial charge on any atom is -0.456 e. The fourth-order valence-electron chi connectivity index (χ4n) is 3.18. The monoisotopic (exact) mass is 317 g/mol. The number of halogens is 1. The van der Waals surface area contributed by atoms with Gasteiger partial charge in [-0.05, 0) is 42.8 Å². The molecule has 0 saturated carbocycles. The second kappa shape index (κ2) is 5.17. The van der Waals surface area contributed by atoms with Gasteiger partial charge in [0.25, 0.3) is 0 Å². The highest BCUT2D eigenvalue weighted by atomic mass is 19.1. The SMILES string of the molecule is Cc1cc2oc3cc(C#N)ccc3c2c(F)c1-c1cccc[n+]1C. The minimum atomic E-state index is -0.296. The van der Waals surface area contributed by atoms with Crippen molar-refractivity contribution in [3.05, 3.63) is 65.6 Å². The Kier molecular flexibility index (Phi) is 3.10. The number of furan rings is 1. The molecule has 3 nitrogen and oxygen atoms in total. The lowest BCUT2D eigenvalue weighted by molar-refractivity contribution is -0.660. The second-order valence-corrected chi connectivity index (χ2v) is 5.88. The molecule has 2 aromatic carbocycles. The minimum absolute atomic E-state index is 0.296. The fraction of sp³-hybridized carbons (Fsp3) is 0.100. The average Bonchev–Trinajstić information content (AvgIpc) is 2.93. The number of hydrogen-bond acceptors (Lipinski definition) is 2. The number of aryl methyl sites for hydroxylation is 2.